The molecule has 2 N–H and O–H groups in total. The van der Waals surface area contributed by atoms with Gasteiger partial charge in [-0.2, -0.15) is 0 Å². The molecule has 11 heteroatoms. The van der Waals surface area contributed by atoms with Gasteiger partial charge in [-0.1, -0.05) is 64.1 Å². The van der Waals surface area contributed by atoms with Gasteiger partial charge < -0.3 is 19.9 Å². The van der Waals surface area contributed by atoms with E-state index in [-0.39, 0.29) is 95.5 Å². The molecule has 0 saturated heterocycles. The summed E-state index contributed by atoms with van der Waals surface area (Å²) in [5.41, 5.74) is -0.342. The number of nitrogens with zero attached hydrogens (tertiary/aromatic N) is 1. The molecule has 1 aliphatic rings. The van der Waals surface area contributed by atoms with Crippen molar-refractivity contribution in [1.29, 1.82) is 0 Å². The van der Waals surface area contributed by atoms with E-state index in [0.29, 0.717) is 0 Å². The van der Waals surface area contributed by atoms with E-state index >= 15 is 0 Å². The van der Waals surface area contributed by atoms with Crippen LogP contribution in [0.5, 0.6) is 5.75 Å². The molecule has 0 radical (unpaired) electrons. The van der Waals surface area contributed by atoms with Crippen LogP contribution in [0.25, 0.3) is 5.70 Å². The molecule has 1 heterocycles. The number of allylic oxidation sites excluding steroid dienone is 4. The number of hydrogen-bond acceptors (Lipinski definition) is 4. The predicted molar refractivity (Wildman–Crippen MR) is 124 cm³/mol. The molecule has 4 rings (SSSR count). The topological polar surface area (TPSA) is 89.3 Å². The van der Waals surface area contributed by atoms with Gasteiger partial charge in [-0.3, -0.25) is 9.18 Å². The largest absolute Gasteiger partial charge is 1.00 e. The van der Waals surface area contributed by atoms with Crippen LogP contribution in [0.2, 0.25) is 10.2 Å². The third kappa shape index (κ3) is 5.01. The Morgan fingerprint density at radius 3 is 2.35 bits per heavy atom. The van der Waals surface area contributed by atoms with Crippen LogP contribution < -0.4 is 29.6 Å². The zero-order valence-corrected chi connectivity index (χ0v) is 22.4. The summed E-state index contributed by atoms with van der Waals surface area (Å²) in [6.07, 6.45) is -0.0610. The van der Waals surface area contributed by atoms with Crippen LogP contribution in [0.15, 0.2) is 64.2 Å². The fourth-order valence-corrected chi connectivity index (χ4v) is 4.29. The van der Waals surface area contributed by atoms with Crippen molar-refractivity contribution >= 4 is 63.7 Å². The molecule has 1 aliphatic carbocycles. The molecule has 3 aromatic rings. The Hall–Kier alpha value is -1.61. The van der Waals surface area contributed by atoms with E-state index in [2.05, 4.69) is 6.07 Å². The molecule has 170 valence electrons. The molecule has 34 heavy (non-hydrogen) atoms. The van der Waals surface area contributed by atoms with Crippen molar-refractivity contribution < 1.29 is 54.1 Å². The first-order valence-corrected chi connectivity index (χ1v) is 10.6. The van der Waals surface area contributed by atoms with E-state index in [9.17, 15) is 19.1 Å². The second-order valence-electron chi connectivity index (χ2n) is 6.80. The average Bonchev–Trinajstić information content (AvgIpc) is 3.23. The molecule has 0 spiro atoms. The summed E-state index contributed by atoms with van der Waals surface area (Å²) in [6.45, 7) is 0. The molecule has 1 aromatic heterocycles. The van der Waals surface area contributed by atoms with Crippen LogP contribution in [-0.2, 0) is 0 Å². The Balaban J connectivity index is 0.00000204. The molecule has 0 unspecified atom stereocenters. The van der Waals surface area contributed by atoms with Crippen LogP contribution in [0.3, 0.4) is 0 Å². The predicted octanol–water partition coefficient (Wildman–Crippen LogP) is 3.68. The van der Waals surface area contributed by atoms with E-state index in [4.69, 9.17) is 46.4 Å². The summed E-state index contributed by atoms with van der Waals surface area (Å²) in [5.74, 6) is -2.37. The van der Waals surface area contributed by atoms with Crippen LogP contribution in [0, 0.1) is 11.9 Å². The number of halogens is 5. The maximum Gasteiger partial charge on any atom is 1.00 e. The van der Waals surface area contributed by atoms with Gasteiger partial charge >= 0.3 is 29.6 Å². The molecule has 0 bridgehead atoms. The zero-order chi connectivity index (χ0) is 23.2. The number of para-hydroxylation sites is 1. The number of carbonyl (C=O) groups excluding carboxylic acids is 2. The molecule has 5 nitrogen and oxygen atoms in total. The van der Waals surface area contributed by atoms with E-state index < -0.39 is 17.4 Å². The number of benzene rings is 2. The van der Waals surface area contributed by atoms with Gasteiger partial charge in [-0.15, -0.1) is 24.3 Å². The molecular formula is C23H12Cl4FNNaO4-. The normalized spacial score (nSPS) is 13.0. The minimum Gasteiger partial charge on any atom is -0.870 e. The van der Waals surface area contributed by atoms with Crippen molar-refractivity contribution in [2.75, 3.05) is 0 Å². The monoisotopic (exact) mass is 548 g/mol. The van der Waals surface area contributed by atoms with Crippen molar-refractivity contribution in [3.8, 4) is 5.75 Å². The van der Waals surface area contributed by atoms with Gasteiger partial charge in [0.2, 0.25) is 0 Å². The van der Waals surface area contributed by atoms with Gasteiger partial charge in [0.1, 0.15) is 16.7 Å². The number of aromatic hydroxyl groups is 1. The zero-order valence-electron chi connectivity index (χ0n) is 17.4. The SMILES string of the molecule is O=C(C1=C(n2c(C(=O)c3[c-]cccc3F)cc(Cl)c2Cl)C(Cl)=C(Cl)C1)c1ccccc1O.[Na+].[OH-]. The van der Waals surface area contributed by atoms with Gasteiger partial charge in [-0.05, 0) is 18.2 Å². The van der Waals surface area contributed by atoms with Crippen LogP contribution >= 0.6 is 46.4 Å². The van der Waals surface area contributed by atoms with Crippen LogP contribution in [0.4, 0.5) is 4.39 Å². The van der Waals surface area contributed by atoms with E-state index in [1.54, 1.807) is 12.1 Å². The van der Waals surface area contributed by atoms with E-state index in [1.165, 1.54) is 30.3 Å². The Labute approximate surface area is 236 Å². The van der Waals surface area contributed by atoms with Crippen molar-refractivity contribution in [3.05, 3.63) is 103 Å². The smallest absolute Gasteiger partial charge is 0.870 e. The van der Waals surface area contributed by atoms with E-state index in [0.717, 1.165) is 10.6 Å². The third-order valence-corrected chi connectivity index (χ3v) is 6.46. The van der Waals surface area contributed by atoms with Gasteiger partial charge in [-0.25, -0.2) is 0 Å². The molecule has 0 amide bonds. The molecule has 0 fully saturated rings. The molecule has 0 saturated carbocycles. The summed E-state index contributed by atoms with van der Waals surface area (Å²) in [5, 5.41) is 10.1. The number of aromatic nitrogens is 1. The number of phenolic OH excluding ortho intramolecular Hbond substituents is 1. The first-order chi connectivity index (χ1) is 15.2. The minimum atomic E-state index is -0.789. The van der Waals surface area contributed by atoms with Gasteiger partial charge in [0.05, 0.1) is 27.0 Å². The second-order valence-corrected chi connectivity index (χ2v) is 8.39. The number of ketones is 2. The fraction of sp³-hybridized carbons (Fsp3) is 0.0435. The average molecular weight is 550 g/mol. The van der Waals surface area contributed by atoms with Crippen molar-refractivity contribution in [1.82, 2.24) is 4.57 Å². The number of rotatable bonds is 5. The minimum absolute atomic E-state index is 0. The molecule has 0 aliphatic heterocycles. The maximum absolute atomic E-state index is 14.3. The summed E-state index contributed by atoms with van der Waals surface area (Å²) >= 11 is 25.3. The Bertz CT molecular complexity index is 1370. The first-order valence-electron chi connectivity index (χ1n) is 9.10. The van der Waals surface area contributed by atoms with Crippen LogP contribution in [0.1, 0.15) is 32.8 Å². The number of Topliss-reactive ketones (excluding diaryl/α,β-unsaturated/α-hetero) is 1. The summed E-state index contributed by atoms with van der Waals surface area (Å²) < 4.78 is 15.4. The summed E-state index contributed by atoms with van der Waals surface area (Å²) in [4.78, 5) is 26.4. The number of hydrogen-bond donors (Lipinski definition) is 1. The summed E-state index contributed by atoms with van der Waals surface area (Å²) in [6, 6.07) is 13.7. The summed E-state index contributed by atoms with van der Waals surface area (Å²) in [7, 11) is 0. The van der Waals surface area contributed by atoms with Gasteiger partial charge in [0.25, 0.3) is 0 Å². The van der Waals surface area contributed by atoms with Crippen molar-refractivity contribution in [2.45, 2.75) is 6.42 Å². The van der Waals surface area contributed by atoms with E-state index in [1.807, 2.05) is 0 Å². The fourth-order valence-electron chi connectivity index (χ4n) is 3.39. The first kappa shape index (κ1) is 28.6. The standard InChI is InChI=1S/C23H11Cl4FNO3.Na.H2O/c24-14-9-13(21(31)12-6-2-4-8-18(12)30)20(19(14)26)29-17(10-15(25)23(29)27)22(32)11-5-1-3-7-16(11)28;;/h1-4,6-8,10,30H,9H2;;1H2/q-1;+1;/p-1. The Kier molecular flexibility index (Phi) is 9.61. The molecule has 0 atom stereocenters. The van der Waals surface area contributed by atoms with Gasteiger partial charge in [0.15, 0.2) is 5.78 Å². The second kappa shape index (κ2) is 11.4. The van der Waals surface area contributed by atoms with Gasteiger partial charge in [0, 0.05) is 22.8 Å². The van der Waals surface area contributed by atoms with Crippen LogP contribution in [-0.4, -0.2) is 26.7 Å². The molecule has 2 aromatic carbocycles. The maximum atomic E-state index is 14.3. The third-order valence-electron chi connectivity index (χ3n) is 4.87. The molecular weight excluding hydrogens is 538 g/mol. The Morgan fingerprint density at radius 1 is 1.03 bits per heavy atom. The number of carbonyl (C=O) groups is 2. The van der Waals surface area contributed by atoms with Crippen molar-refractivity contribution in [2.24, 2.45) is 0 Å². The number of phenols is 1. The Morgan fingerprint density at radius 2 is 1.71 bits per heavy atom. The van der Waals surface area contributed by atoms with Crippen molar-refractivity contribution in [3.63, 3.8) is 0 Å². The quantitative estimate of drug-likeness (QED) is 0.299.